The summed E-state index contributed by atoms with van der Waals surface area (Å²) in [6, 6.07) is 24.6. The molecule has 30 heavy (non-hydrogen) atoms. The van der Waals surface area contributed by atoms with Crippen molar-refractivity contribution in [3.8, 4) is 5.75 Å². The van der Waals surface area contributed by atoms with Crippen LogP contribution >= 0.6 is 0 Å². The van der Waals surface area contributed by atoms with Gasteiger partial charge in [0.25, 0.3) is 5.91 Å². The number of aliphatic hydroxyl groups is 1. The van der Waals surface area contributed by atoms with Crippen LogP contribution in [0.3, 0.4) is 0 Å². The smallest absolute Gasteiger partial charge is 0.254 e. The third-order valence-electron chi connectivity index (χ3n) is 4.64. The number of benzene rings is 3. The minimum absolute atomic E-state index is 0.210. The van der Waals surface area contributed by atoms with Gasteiger partial charge in [0.1, 0.15) is 18.4 Å². The average molecular weight is 404 g/mol. The molecule has 2 atom stereocenters. The van der Waals surface area contributed by atoms with Crippen molar-refractivity contribution < 1.29 is 19.4 Å². The number of ether oxygens (including phenoxy) is 1. The van der Waals surface area contributed by atoms with Gasteiger partial charge in [-0.25, -0.2) is 0 Å². The number of hydrogen-bond donors (Lipinski definition) is 3. The maximum absolute atomic E-state index is 12.3. The quantitative estimate of drug-likeness (QED) is 0.510. The molecule has 0 heterocycles. The second-order valence-corrected chi connectivity index (χ2v) is 6.90. The van der Waals surface area contributed by atoms with E-state index in [0.29, 0.717) is 17.9 Å². The molecule has 3 aromatic carbocycles. The number of nitrogens with one attached hydrogen (secondary N) is 1. The molecule has 0 spiro atoms. The van der Waals surface area contributed by atoms with Crippen LogP contribution in [0, 0.1) is 0 Å². The number of hydrogen-bond acceptors (Lipinski definition) is 4. The summed E-state index contributed by atoms with van der Waals surface area (Å²) >= 11 is 0. The Bertz CT molecular complexity index is 960. The maximum atomic E-state index is 12.3. The zero-order valence-corrected chi connectivity index (χ0v) is 16.4. The molecule has 3 aromatic rings. The molecule has 0 unspecified atom stereocenters. The lowest BCUT2D eigenvalue weighted by molar-refractivity contribution is -0.133. The second kappa shape index (κ2) is 10.2. The number of carbonyl (C=O) groups excluding carboxylic acids is 2. The first-order chi connectivity index (χ1) is 14.5. The summed E-state index contributed by atoms with van der Waals surface area (Å²) < 4.78 is 5.75. The van der Waals surface area contributed by atoms with E-state index in [1.807, 2.05) is 42.5 Å². The number of primary amides is 1. The van der Waals surface area contributed by atoms with Gasteiger partial charge < -0.3 is 20.9 Å². The number of amides is 2. The monoisotopic (exact) mass is 404 g/mol. The van der Waals surface area contributed by atoms with Gasteiger partial charge in [0.05, 0.1) is 0 Å². The van der Waals surface area contributed by atoms with E-state index in [4.69, 9.17) is 10.5 Å². The lowest BCUT2D eigenvalue weighted by Crippen LogP contribution is -2.47. The van der Waals surface area contributed by atoms with Crippen LogP contribution < -0.4 is 15.8 Å². The summed E-state index contributed by atoms with van der Waals surface area (Å²) in [5.74, 6) is -0.650. The molecule has 0 aliphatic heterocycles. The predicted molar refractivity (Wildman–Crippen MR) is 113 cm³/mol. The van der Waals surface area contributed by atoms with Crippen LogP contribution in [0.2, 0.25) is 0 Å². The molecule has 0 saturated heterocycles. The SMILES string of the molecule is NC(=O)[C@@H](Cc1ccc(OCc2ccccc2)cc1)NC(=O)[C@@H](O)c1ccccc1. The van der Waals surface area contributed by atoms with Gasteiger partial charge in [-0.1, -0.05) is 72.8 Å². The van der Waals surface area contributed by atoms with Gasteiger partial charge in [-0.3, -0.25) is 9.59 Å². The van der Waals surface area contributed by atoms with E-state index < -0.39 is 24.0 Å². The average Bonchev–Trinajstić information content (AvgIpc) is 2.78. The highest BCUT2D eigenvalue weighted by atomic mass is 16.5. The summed E-state index contributed by atoms with van der Waals surface area (Å²) in [7, 11) is 0. The molecule has 154 valence electrons. The number of rotatable bonds is 9. The van der Waals surface area contributed by atoms with E-state index in [0.717, 1.165) is 11.1 Å². The van der Waals surface area contributed by atoms with Crippen LogP contribution in [0.15, 0.2) is 84.9 Å². The predicted octanol–water partition coefficient (Wildman–Crippen LogP) is 2.51. The zero-order chi connectivity index (χ0) is 21.3. The highest BCUT2D eigenvalue weighted by Crippen LogP contribution is 2.16. The normalized spacial score (nSPS) is 12.6. The Kier molecular flexibility index (Phi) is 7.19. The van der Waals surface area contributed by atoms with Crippen molar-refractivity contribution in [3.05, 3.63) is 102 Å². The zero-order valence-electron chi connectivity index (χ0n) is 16.4. The van der Waals surface area contributed by atoms with E-state index in [-0.39, 0.29) is 6.42 Å². The van der Waals surface area contributed by atoms with Crippen molar-refractivity contribution in [2.75, 3.05) is 0 Å². The van der Waals surface area contributed by atoms with E-state index in [1.54, 1.807) is 42.5 Å². The summed E-state index contributed by atoms with van der Waals surface area (Å²) in [4.78, 5) is 24.2. The standard InChI is InChI=1S/C24H24N2O4/c25-23(28)21(26-24(29)22(27)19-9-5-2-6-10-19)15-17-11-13-20(14-12-17)30-16-18-7-3-1-4-8-18/h1-14,21-22,27H,15-16H2,(H2,25,28)(H,26,29)/t21-,22+/m1/s1. The van der Waals surface area contributed by atoms with Crippen LogP contribution in [-0.2, 0) is 22.6 Å². The first kappa shape index (κ1) is 21.1. The lowest BCUT2D eigenvalue weighted by Gasteiger charge is -2.18. The van der Waals surface area contributed by atoms with Crippen molar-refractivity contribution in [1.82, 2.24) is 5.32 Å². The minimum Gasteiger partial charge on any atom is -0.489 e. The largest absolute Gasteiger partial charge is 0.489 e. The molecule has 0 saturated carbocycles. The van der Waals surface area contributed by atoms with Gasteiger partial charge in [-0.15, -0.1) is 0 Å². The third-order valence-corrected chi connectivity index (χ3v) is 4.64. The van der Waals surface area contributed by atoms with Crippen molar-refractivity contribution >= 4 is 11.8 Å². The molecule has 0 aliphatic carbocycles. The topological polar surface area (TPSA) is 102 Å². The first-order valence-electron chi connectivity index (χ1n) is 9.61. The van der Waals surface area contributed by atoms with E-state index in [2.05, 4.69) is 5.32 Å². The van der Waals surface area contributed by atoms with Crippen molar-refractivity contribution in [2.24, 2.45) is 5.73 Å². The van der Waals surface area contributed by atoms with Crippen LogP contribution in [0.5, 0.6) is 5.75 Å². The fraction of sp³-hybridized carbons (Fsp3) is 0.167. The maximum Gasteiger partial charge on any atom is 0.254 e. The highest BCUT2D eigenvalue weighted by molar-refractivity contribution is 5.89. The Labute approximate surface area is 175 Å². The third kappa shape index (κ3) is 5.93. The summed E-state index contributed by atoms with van der Waals surface area (Å²) in [6.07, 6.45) is -1.16. The van der Waals surface area contributed by atoms with Gasteiger partial charge in [0.2, 0.25) is 5.91 Å². The number of aliphatic hydroxyl groups excluding tert-OH is 1. The molecule has 6 nitrogen and oxygen atoms in total. The fourth-order valence-corrected chi connectivity index (χ4v) is 2.96. The van der Waals surface area contributed by atoms with Gasteiger partial charge in [0.15, 0.2) is 6.10 Å². The Balaban J connectivity index is 1.58. The second-order valence-electron chi connectivity index (χ2n) is 6.90. The van der Waals surface area contributed by atoms with Crippen molar-refractivity contribution in [2.45, 2.75) is 25.2 Å². The van der Waals surface area contributed by atoms with Crippen LogP contribution in [-0.4, -0.2) is 23.0 Å². The van der Waals surface area contributed by atoms with E-state index in [1.165, 1.54) is 0 Å². The molecule has 0 bridgehead atoms. The first-order valence-corrected chi connectivity index (χ1v) is 9.61. The highest BCUT2D eigenvalue weighted by Gasteiger charge is 2.24. The van der Waals surface area contributed by atoms with Gasteiger partial charge in [-0.2, -0.15) is 0 Å². The van der Waals surface area contributed by atoms with Gasteiger partial charge >= 0.3 is 0 Å². The molecule has 6 heteroatoms. The minimum atomic E-state index is -1.37. The van der Waals surface area contributed by atoms with E-state index >= 15 is 0 Å². The molecule has 3 rings (SSSR count). The van der Waals surface area contributed by atoms with Crippen molar-refractivity contribution in [3.63, 3.8) is 0 Å². The number of nitrogens with two attached hydrogens (primary N) is 1. The summed E-state index contributed by atoms with van der Waals surface area (Å²) in [6.45, 7) is 0.456. The van der Waals surface area contributed by atoms with Gasteiger partial charge in [0, 0.05) is 6.42 Å². The molecule has 0 fully saturated rings. The molecular formula is C24H24N2O4. The Morgan fingerprint density at radius 1 is 0.867 bits per heavy atom. The molecule has 0 radical (unpaired) electrons. The fourth-order valence-electron chi connectivity index (χ4n) is 2.96. The molecular weight excluding hydrogens is 380 g/mol. The molecule has 0 aliphatic rings. The molecule has 4 N–H and O–H groups in total. The Hall–Kier alpha value is -3.64. The molecule has 0 aromatic heterocycles. The van der Waals surface area contributed by atoms with Crippen LogP contribution in [0.4, 0.5) is 0 Å². The van der Waals surface area contributed by atoms with Gasteiger partial charge in [-0.05, 0) is 28.8 Å². The van der Waals surface area contributed by atoms with Crippen LogP contribution in [0.25, 0.3) is 0 Å². The van der Waals surface area contributed by atoms with Crippen molar-refractivity contribution in [1.29, 1.82) is 0 Å². The van der Waals surface area contributed by atoms with E-state index in [9.17, 15) is 14.7 Å². The number of carbonyl (C=O) groups is 2. The Morgan fingerprint density at radius 3 is 2.07 bits per heavy atom. The summed E-state index contributed by atoms with van der Waals surface area (Å²) in [5.41, 5.74) is 7.77. The molecule has 2 amide bonds. The Morgan fingerprint density at radius 2 is 1.47 bits per heavy atom. The van der Waals surface area contributed by atoms with Crippen LogP contribution in [0.1, 0.15) is 22.8 Å². The summed E-state index contributed by atoms with van der Waals surface area (Å²) in [5, 5.41) is 12.7. The lowest BCUT2D eigenvalue weighted by atomic mass is 10.0.